The van der Waals surface area contributed by atoms with E-state index in [-0.39, 0.29) is 5.75 Å². The van der Waals surface area contributed by atoms with E-state index in [0.717, 1.165) is 0 Å². The fourth-order valence-electron chi connectivity index (χ4n) is 1.65. The smallest absolute Gasteiger partial charge is 0.406 e. The zero-order valence-electron chi connectivity index (χ0n) is 9.91. The summed E-state index contributed by atoms with van der Waals surface area (Å²) >= 11 is 6.01. The highest BCUT2D eigenvalue weighted by molar-refractivity contribution is 6.33. The van der Waals surface area contributed by atoms with Gasteiger partial charge in [-0.25, -0.2) is 0 Å². The Morgan fingerprint density at radius 2 is 1.70 bits per heavy atom. The molecule has 2 rings (SSSR count). The van der Waals surface area contributed by atoms with Gasteiger partial charge in [0.05, 0.1) is 11.6 Å². The summed E-state index contributed by atoms with van der Waals surface area (Å²) in [5.74, 6) is -0.311. The molecule has 0 aliphatic carbocycles. The lowest BCUT2D eigenvalue weighted by Gasteiger charge is -2.10. The van der Waals surface area contributed by atoms with Gasteiger partial charge in [0.1, 0.15) is 5.75 Å². The second-order valence-corrected chi connectivity index (χ2v) is 4.29. The van der Waals surface area contributed by atoms with Gasteiger partial charge < -0.3 is 4.74 Å². The van der Waals surface area contributed by atoms with E-state index < -0.39 is 6.36 Å². The fourth-order valence-corrected chi connectivity index (χ4v) is 1.88. The fraction of sp³-hybridized carbons (Fsp3) is 0.0714. The van der Waals surface area contributed by atoms with Crippen LogP contribution in [0.25, 0.3) is 11.1 Å². The van der Waals surface area contributed by atoms with Crippen molar-refractivity contribution in [3.8, 4) is 22.9 Å². The Bertz CT molecular complexity index is 660. The molecule has 2 nitrogen and oxygen atoms in total. The first-order valence-corrected chi connectivity index (χ1v) is 5.83. The van der Waals surface area contributed by atoms with E-state index in [4.69, 9.17) is 16.9 Å². The molecule has 0 saturated carbocycles. The molecule has 0 fully saturated rings. The monoisotopic (exact) mass is 297 g/mol. The third-order valence-corrected chi connectivity index (χ3v) is 2.82. The van der Waals surface area contributed by atoms with Crippen molar-refractivity contribution in [2.24, 2.45) is 0 Å². The van der Waals surface area contributed by atoms with E-state index in [9.17, 15) is 13.2 Å². The van der Waals surface area contributed by atoms with Gasteiger partial charge in [0, 0.05) is 10.6 Å². The number of ether oxygens (including phenoxy) is 1. The van der Waals surface area contributed by atoms with Crippen LogP contribution in [0.2, 0.25) is 5.02 Å². The van der Waals surface area contributed by atoms with Crippen molar-refractivity contribution in [1.82, 2.24) is 0 Å². The minimum absolute atomic E-state index is 0.311. The summed E-state index contributed by atoms with van der Waals surface area (Å²) in [6, 6.07) is 12.0. The normalized spacial score (nSPS) is 10.9. The summed E-state index contributed by atoms with van der Waals surface area (Å²) in [4.78, 5) is 0. The molecule has 0 aliphatic rings. The van der Waals surface area contributed by atoms with E-state index in [1.54, 1.807) is 18.2 Å². The van der Waals surface area contributed by atoms with Crippen molar-refractivity contribution in [2.75, 3.05) is 0 Å². The van der Waals surface area contributed by atoms with Crippen molar-refractivity contribution in [3.63, 3.8) is 0 Å². The van der Waals surface area contributed by atoms with Gasteiger partial charge in [-0.05, 0) is 35.9 Å². The predicted octanol–water partition coefficient (Wildman–Crippen LogP) is 4.78. The molecule has 0 aliphatic heterocycles. The first-order valence-electron chi connectivity index (χ1n) is 5.45. The number of hydrogen-bond acceptors (Lipinski definition) is 2. The van der Waals surface area contributed by atoms with Gasteiger partial charge in [0.2, 0.25) is 0 Å². The quantitative estimate of drug-likeness (QED) is 0.799. The van der Waals surface area contributed by atoms with Crippen molar-refractivity contribution < 1.29 is 17.9 Å². The summed E-state index contributed by atoms with van der Waals surface area (Å²) in [6.45, 7) is 0. The van der Waals surface area contributed by atoms with Crippen LogP contribution >= 0.6 is 11.6 Å². The number of alkyl halides is 3. The maximum atomic E-state index is 12.0. The molecule has 0 radical (unpaired) electrons. The minimum Gasteiger partial charge on any atom is -0.406 e. The Morgan fingerprint density at radius 1 is 1.05 bits per heavy atom. The molecule has 6 heteroatoms. The summed E-state index contributed by atoms with van der Waals surface area (Å²) in [6.07, 6.45) is -4.72. The van der Waals surface area contributed by atoms with Gasteiger partial charge in [0.25, 0.3) is 0 Å². The summed E-state index contributed by atoms with van der Waals surface area (Å²) in [5.41, 5.74) is 1.59. The lowest BCUT2D eigenvalue weighted by molar-refractivity contribution is -0.274. The van der Waals surface area contributed by atoms with Crippen LogP contribution in [0.1, 0.15) is 5.56 Å². The zero-order chi connectivity index (χ0) is 14.8. The average Bonchev–Trinajstić information content (AvgIpc) is 2.39. The summed E-state index contributed by atoms with van der Waals surface area (Å²) in [5, 5.41) is 9.24. The number of halogens is 4. The van der Waals surface area contributed by atoms with Crippen molar-refractivity contribution in [2.45, 2.75) is 6.36 Å². The van der Waals surface area contributed by atoms with Crippen LogP contribution in [0.5, 0.6) is 5.75 Å². The Morgan fingerprint density at radius 3 is 2.25 bits per heavy atom. The van der Waals surface area contributed by atoms with E-state index in [1.807, 2.05) is 6.07 Å². The Hall–Kier alpha value is -2.19. The van der Waals surface area contributed by atoms with E-state index >= 15 is 0 Å². The minimum atomic E-state index is -4.72. The molecule has 0 amide bonds. The first-order chi connectivity index (χ1) is 9.39. The third kappa shape index (κ3) is 3.43. The molecule has 0 atom stereocenters. The second-order valence-electron chi connectivity index (χ2n) is 3.88. The van der Waals surface area contributed by atoms with Gasteiger partial charge in [-0.3, -0.25) is 0 Å². The van der Waals surface area contributed by atoms with Gasteiger partial charge in [0.15, 0.2) is 0 Å². The molecule has 0 saturated heterocycles. The Labute approximate surface area is 118 Å². The molecule has 0 spiro atoms. The maximum absolute atomic E-state index is 12.0. The molecule has 20 heavy (non-hydrogen) atoms. The molecular formula is C14H7ClF3NO. The van der Waals surface area contributed by atoms with Gasteiger partial charge in [-0.15, -0.1) is 13.2 Å². The lowest BCUT2D eigenvalue weighted by Crippen LogP contribution is -2.16. The number of rotatable bonds is 2. The van der Waals surface area contributed by atoms with Crippen molar-refractivity contribution >= 4 is 11.6 Å². The van der Waals surface area contributed by atoms with Crippen LogP contribution in [0, 0.1) is 11.3 Å². The Kier molecular flexibility index (Phi) is 3.86. The standard InChI is InChI=1S/C14H7ClF3NO/c15-13-6-1-9(8-19)7-12(13)10-2-4-11(5-3-10)20-14(16,17)18/h1-7H. The highest BCUT2D eigenvalue weighted by atomic mass is 35.5. The van der Waals surface area contributed by atoms with Crippen LogP contribution in [0.15, 0.2) is 42.5 Å². The maximum Gasteiger partial charge on any atom is 0.573 e. The molecule has 0 unspecified atom stereocenters. The molecule has 102 valence electrons. The van der Waals surface area contributed by atoms with E-state index in [1.165, 1.54) is 24.3 Å². The average molecular weight is 298 g/mol. The van der Waals surface area contributed by atoms with Crippen LogP contribution in [-0.2, 0) is 0 Å². The highest BCUT2D eigenvalue weighted by Gasteiger charge is 2.30. The highest BCUT2D eigenvalue weighted by Crippen LogP contribution is 2.31. The molecule has 0 bridgehead atoms. The lowest BCUT2D eigenvalue weighted by atomic mass is 10.0. The van der Waals surface area contributed by atoms with Gasteiger partial charge in [-0.2, -0.15) is 5.26 Å². The number of nitriles is 1. The van der Waals surface area contributed by atoms with Crippen LogP contribution in [0.4, 0.5) is 13.2 Å². The largest absolute Gasteiger partial charge is 0.573 e. The molecule has 0 N–H and O–H groups in total. The van der Waals surface area contributed by atoms with E-state index in [2.05, 4.69) is 4.74 Å². The third-order valence-electron chi connectivity index (χ3n) is 2.49. The SMILES string of the molecule is N#Cc1ccc(Cl)c(-c2ccc(OC(F)(F)F)cc2)c1. The summed E-state index contributed by atoms with van der Waals surface area (Å²) < 4.78 is 39.9. The van der Waals surface area contributed by atoms with Crippen LogP contribution in [0.3, 0.4) is 0 Å². The van der Waals surface area contributed by atoms with Gasteiger partial charge in [-0.1, -0.05) is 23.7 Å². The molecule has 0 aromatic heterocycles. The Balaban J connectivity index is 2.33. The van der Waals surface area contributed by atoms with Crippen LogP contribution < -0.4 is 4.74 Å². The van der Waals surface area contributed by atoms with E-state index in [0.29, 0.717) is 21.7 Å². The topological polar surface area (TPSA) is 33.0 Å². The van der Waals surface area contributed by atoms with Crippen molar-refractivity contribution in [1.29, 1.82) is 5.26 Å². The molecular weight excluding hydrogens is 291 g/mol. The second kappa shape index (κ2) is 5.43. The molecule has 2 aromatic carbocycles. The first kappa shape index (κ1) is 14.2. The predicted molar refractivity (Wildman–Crippen MR) is 68.3 cm³/mol. The summed E-state index contributed by atoms with van der Waals surface area (Å²) in [7, 11) is 0. The number of benzene rings is 2. The number of nitrogens with zero attached hydrogens (tertiary/aromatic N) is 1. The zero-order valence-corrected chi connectivity index (χ0v) is 10.7. The molecule has 0 heterocycles. The number of hydrogen-bond donors (Lipinski definition) is 0. The van der Waals surface area contributed by atoms with Gasteiger partial charge >= 0.3 is 6.36 Å². The van der Waals surface area contributed by atoms with Crippen LogP contribution in [-0.4, -0.2) is 6.36 Å². The molecule has 2 aromatic rings. The van der Waals surface area contributed by atoms with Crippen molar-refractivity contribution in [3.05, 3.63) is 53.1 Å².